The molecule has 1 amide bonds. The minimum absolute atomic E-state index is 0.0631. The number of anilines is 1. The van der Waals surface area contributed by atoms with Gasteiger partial charge in [0.15, 0.2) is 0 Å². The topological polar surface area (TPSA) is 45.2 Å². The van der Waals surface area contributed by atoms with Gasteiger partial charge >= 0.3 is 0 Å². The second kappa shape index (κ2) is 8.93. The van der Waals surface area contributed by atoms with E-state index in [9.17, 15) is 4.79 Å². The van der Waals surface area contributed by atoms with Gasteiger partial charge in [0.2, 0.25) is 0 Å². The molecule has 0 radical (unpaired) electrons. The smallest absolute Gasteiger partial charge is 0.254 e. The van der Waals surface area contributed by atoms with Crippen LogP contribution in [0.25, 0.3) is 0 Å². The molecule has 0 aliphatic carbocycles. The Bertz CT molecular complexity index is 465. The largest absolute Gasteiger partial charge is 0.370 e. The lowest BCUT2D eigenvalue weighted by atomic mass is 10.1. The van der Waals surface area contributed by atoms with Crippen molar-refractivity contribution in [1.82, 2.24) is 9.88 Å². The molecule has 1 atom stereocenters. The van der Waals surface area contributed by atoms with Crippen molar-refractivity contribution in [2.45, 2.75) is 39.7 Å². The van der Waals surface area contributed by atoms with Crippen LogP contribution in [0.3, 0.4) is 0 Å². The zero-order valence-electron chi connectivity index (χ0n) is 13.8. The van der Waals surface area contributed by atoms with E-state index in [0.717, 1.165) is 42.2 Å². The lowest BCUT2D eigenvalue weighted by molar-refractivity contribution is 0.0757. The monoisotopic (exact) mass is 309 g/mol. The first-order valence-electron chi connectivity index (χ1n) is 7.54. The Morgan fingerprint density at radius 3 is 2.71 bits per heavy atom. The molecule has 1 N–H and O–H groups in total. The van der Waals surface area contributed by atoms with Crippen LogP contribution in [0.15, 0.2) is 12.1 Å². The van der Waals surface area contributed by atoms with Crippen LogP contribution in [0.2, 0.25) is 0 Å². The van der Waals surface area contributed by atoms with Crippen molar-refractivity contribution in [2.24, 2.45) is 0 Å². The van der Waals surface area contributed by atoms with E-state index in [0.29, 0.717) is 0 Å². The van der Waals surface area contributed by atoms with Crippen molar-refractivity contribution in [1.29, 1.82) is 0 Å². The minimum atomic E-state index is 0.0631. The van der Waals surface area contributed by atoms with Crippen LogP contribution in [-0.4, -0.2) is 47.4 Å². The molecule has 0 bridgehead atoms. The van der Waals surface area contributed by atoms with Crippen molar-refractivity contribution in [3.05, 3.63) is 23.4 Å². The molecule has 1 aromatic rings. The molecule has 4 nitrogen and oxygen atoms in total. The van der Waals surface area contributed by atoms with Crippen molar-refractivity contribution >= 4 is 23.5 Å². The Kier molecular flexibility index (Phi) is 7.57. The molecule has 1 unspecified atom stereocenters. The summed E-state index contributed by atoms with van der Waals surface area (Å²) in [6.45, 7) is 7.11. The van der Waals surface area contributed by atoms with Gasteiger partial charge in [-0.25, -0.2) is 4.98 Å². The molecule has 0 fully saturated rings. The molecule has 0 saturated carbocycles. The van der Waals surface area contributed by atoms with E-state index in [1.807, 2.05) is 24.1 Å². The van der Waals surface area contributed by atoms with Gasteiger partial charge in [0, 0.05) is 36.6 Å². The van der Waals surface area contributed by atoms with Gasteiger partial charge in [-0.05, 0) is 38.2 Å². The average molecular weight is 309 g/mol. The predicted molar refractivity (Wildman–Crippen MR) is 92.3 cm³/mol. The summed E-state index contributed by atoms with van der Waals surface area (Å²) in [5.41, 5.74) is 1.67. The van der Waals surface area contributed by atoms with Gasteiger partial charge in [-0.1, -0.05) is 13.8 Å². The van der Waals surface area contributed by atoms with E-state index >= 15 is 0 Å². The highest BCUT2D eigenvalue weighted by molar-refractivity contribution is 7.98. The van der Waals surface area contributed by atoms with Gasteiger partial charge in [-0.2, -0.15) is 11.8 Å². The number of hydrogen-bond donors (Lipinski definition) is 1. The van der Waals surface area contributed by atoms with Gasteiger partial charge in [0.1, 0.15) is 5.82 Å². The van der Waals surface area contributed by atoms with Crippen molar-refractivity contribution in [2.75, 3.05) is 30.9 Å². The summed E-state index contributed by atoms with van der Waals surface area (Å²) in [5.74, 6) is 1.80. The maximum absolute atomic E-state index is 12.6. The first-order chi connectivity index (χ1) is 10.0. The van der Waals surface area contributed by atoms with Crippen molar-refractivity contribution < 1.29 is 4.79 Å². The minimum Gasteiger partial charge on any atom is -0.370 e. The van der Waals surface area contributed by atoms with Crippen LogP contribution >= 0.6 is 11.8 Å². The Morgan fingerprint density at radius 2 is 2.14 bits per heavy atom. The van der Waals surface area contributed by atoms with Crippen LogP contribution in [0.1, 0.15) is 43.2 Å². The third kappa shape index (κ3) is 5.23. The highest BCUT2D eigenvalue weighted by Gasteiger charge is 2.18. The number of aryl methyl sites for hydroxylation is 1. The Hall–Kier alpha value is -1.23. The van der Waals surface area contributed by atoms with E-state index < -0.39 is 0 Å². The zero-order chi connectivity index (χ0) is 15.8. The van der Waals surface area contributed by atoms with E-state index in [4.69, 9.17) is 0 Å². The van der Waals surface area contributed by atoms with Crippen LogP contribution < -0.4 is 5.32 Å². The fraction of sp³-hybridized carbons (Fsp3) is 0.625. The number of carbonyl (C=O) groups is 1. The number of amides is 1. The fourth-order valence-electron chi connectivity index (χ4n) is 1.99. The van der Waals surface area contributed by atoms with Gasteiger partial charge in [0.25, 0.3) is 5.91 Å². The molecular formula is C16H27N3OS. The molecule has 21 heavy (non-hydrogen) atoms. The number of aromatic nitrogens is 1. The highest BCUT2D eigenvalue weighted by atomic mass is 32.2. The first-order valence-corrected chi connectivity index (χ1v) is 8.93. The summed E-state index contributed by atoms with van der Waals surface area (Å²) >= 11 is 1.75. The second-order valence-electron chi connectivity index (χ2n) is 5.23. The van der Waals surface area contributed by atoms with Gasteiger partial charge in [-0.15, -0.1) is 0 Å². The molecule has 0 aliphatic heterocycles. The van der Waals surface area contributed by atoms with Crippen LogP contribution in [0.4, 0.5) is 5.82 Å². The summed E-state index contributed by atoms with van der Waals surface area (Å²) in [6, 6.07) is 3.99. The Morgan fingerprint density at radius 1 is 1.43 bits per heavy atom. The molecular weight excluding hydrogens is 282 g/mol. The maximum Gasteiger partial charge on any atom is 0.254 e. The second-order valence-corrected chi connectivity index (χ2v) is 6.14. The highest BCUT2D eigenvalue weighted by Crippen LogP contribution is 2.15. The molecule has 5 heteroatoms. The molecule has 118 valence electrons. The van der Waals surface area contributed by atoms with Crippen molar-refractivity contribution in [3.63, 3.8) is 0 Å². The number of rotatable bonds is 8. The number of nitrogens with one attached hydrogen (secondary N) is 1. The molecule has 0 aliphatic rings. The van der Waals surface area contributed by atoms with Crippen molar-refractivity contribution in [3.8, 4) is 0 Å². The molecule has 0 saturated heterocycles. The number of carbonyl (C=O) groups excluding carboxylic acids is 1. The fourth-order valence-corrected chi connectivity index (χ4v) is 2.70. The van der Waals surface area contributed by atoms with E-state index in [1.54, 1.807) is 11.8 Å². The number of pyridine rings is 1. The lowest BCUT2D eigenvalue weighted by Gasteiger charge is -2.24. The van der Waals surface area contributed by atoms with E-state index in [-0.39, 0.29) is 11.9 Å². The summed E-state index contributed by atoms with van der Waals surface area (Å²) in [5, 5.41) is 3.27. The average Bonchev–Trinajstić information content (AvgIpc) is 2.51. The molecule has 1 aromatic heterocycles. The summed E-state index contributed by atoms with van der Waals surface area (Å²) in [4.78, 5) is 19.0. The third-order valence-corrected chi connectivity index (χ3v) is 4.25. The Labute approximate surface area is 132 Å². The number of hydrogen-bond acceptors (Lipinski definition) is 4. The number of thioether (sulfide) groups is 1. The molecule has 1 rings (SSSR count). The van der Waals surface area contributed by atoms with Crippen LogP contribution in [-0.2, 0) is 6.42 Å². The van der Waals surface area contributed by atoms with Gasteiger partial charge in [0.05, 0.1) is 0 Å². The first kappa shape index (κ1) is 17.8. The lowest BCUT2D eigenvalue weighted by Crippen LogP contribution is -2.36. The predicted octanol–water partition coefficient (Wildman–Crippen LogP) is 3.29. The van der Waals surface area contributed by atoms with Gasteiger partial charge in [-0.3, -0.25) is 4.79 Å². The zero-order valence-corrected chi connectivity index (χ0v) is 14.6. The molecule has 1 heterocycles. The Balaban J connectivity index is 2.96. The maximum atomic E-state index is 12.6. The van der Waals surface area contributed by atoms with Gasteiger partial charge < -0.3 is 10.2 Å². The summed E-state index contributed by atoms with van der Waals surface area (Å²) in [7, 11) is 1.87. The third-order valence-electron chi connectivity index (χ3n) is 3.43. The number of nitrogens with zero attached hydrogens (tertiary/aromatic N) is 2. The molecule has 0 aromatic carbocycles. The summed E-state index contributed by atoms with van der Waals surface area (Å²) < 4.78 is 0. The summed E-state index contributed by atoms with van der Waals surface area (Å²) in [6.07, 6.45) is 3.92. The normalized spacial score (nSPS) is 12.0. The van der Waals surface area contributed by atoms with Crippen LogP contribution in [0.5, 0.6) is 0 Å². The van der Waals surface area contributed by atoms with E-state index in [1.165, 1.54) is 0 Å². The van der Waals surface area contributed by atoms with Crippen LogP contribution in [0, 0.1) is 0 Å². The molecule has 0 spiro atoms. The van der Waals surface area contributed by atoms with E-state index in [2.05, 4.69) is 37.3 Å². The standard InChI is InChI=1S/C16H27N3OS/c1-6-8-17-15-10-13(9-14(7-2)18-15)16(20)19(4)12(3)11-21-5/h9-10,12H,6-8,11H2,1-5H3,(H,17,18). The quantitative estimate of drug-likeness (QED) is 0.800. The SMILES string of the molecule is CCCNc1cc(C(=O)N(C)C(C)CSC)cc(CC)n1.